The lowest BCUT2D eigenvalue weighted by Crippen LogP contribution is -2.22. The lowest BCUT2D eigenvalue weighted by molar-refractivity contribution is 0.691. The number of nitrogens with zero attached hydrogens (tertiary/aromatic N) is 3. The Balaban J connectivity index is 1.71. The van der Waals surface area contributed by atoms with Crippen molar-refractivity contribution >= 4 is 17.4 Å². The standard InChI is InChI=1S/C14H13ClN4/c15-13-4-3-10(7-17-13)6-12-9-18-14(19-12)11-2-1-5-16-8-11/h1-5,7-8,12H,6,9H2,(H,18,19). The van der Waals surface area contributed by atoms with Crippen molar-refractivity contribution in [1.29, 1.82) is 0 Å². The maximum absolute atomic E-state index is 5.77. The van der Waals surface area contributed by atoms with E-state index in [1.54, 1.807) is 12.4 Å². The smallest absolute Gasteiger partial charge is 0.130 e. The van der Waals surface area contributed by atoms with Crippen LogP contribution in [-0.4, -0.2) is 28.4 Å². The number of hydrogen-bond donors (Lipinski definition) is 1. The van der Waals surface area contributed by atoms with Gasteiger partial charge in [-0.15, -0.1) is 0 Å². The SMILES string of the molecule is Clc1ccc(CC2CNC(c3cccnc3)=N2)cn1. The molecule has 3 heterocycles. The van der Waals surface area contributed by atoms with Gasteiger partial charge in [-0.3, -0.25) is 9.98 Å². The van der Waals surface area contributed by atoms with E-state index in [9.17, 15) is 0 Å². The van der Waals surface area contributed by atoms with Gasteiger partial charge >= 0.3 is 0 Å². The molecule has 19 heavy (non-hydrogen) atoms. The molecule has 1 aliphatic rings. The van der Waals surface area contributed by atoms with Crippen molar-refractivity contribution < 1.29 is 0 Å². The molecule has 1 aliphatic heterocycles. The van der Waals surface area contributed by atoms with Crippen molar-refractivity contribution in [1.82, 2.24) is 15.3 Å². The topological polar surface area (TPSA) is 50.2 Å². The normalized spacial score (nSPS) is 17.9. The Bertz CT molecular complexity index is 580. The van der Waals surface area contributed by atoms with Crippen LogP contribution in [0.5, 0.6) is 0 Å². The third-order valence-corrected chi connectivity index (χ3v) is 3.24. The number of rotatable bonds is 3. The molecule has 1 unspecified atom stereocenters. The van der Waals surface area contributed by atoms with Crippen LogP contribution < -0.4 is 5.32 Å². The minimum absolute atomic E-state index is 0.234. The Labute approximate surface area is 116 Å². The fourth-order valence-corrected chi connectivity index (χ4v) is 2.20. The van der Waals surface area contributed by atoms with Crippen LogP contribution in [0.15, 0.2) is 47.8 Å². The van der Waals surface area contributed by atoms with Crippen LogP contribution in [0.3, 0.4) is 0 Å². The van der Waals surface area contributed by atoms with Gasteiger partial charge in [0, 0.05) is 30.7 Å². The molecule has 0 aliphatic carbocycles. The molecule has 0 radical (unpaired) electrons. The molecule has 0 aromatic carbocycles. The highest BCUT2D eigenvalue weighted by molar-refractivity contribution is 6.29. The summed E-state index contributed by atoms with van der Waals surface area (Å²) >= 11 is 5.77. The Morgan fingerprint density at radius 1 is 1.26 bits per heavy atom. The molecule has 96 valence electrons. The highest BCUT2D eigenvalue weighted by Gasteiger charge is 2.18. The number of nitrogens with one attached hydrogen (secondary N) is 1. The molecule has 3 rings (SSSR count). The monoisotopic (exact) mass is 272 g/mol. The summed E-state index contributed by atoms with van der Waals surface area (Å²) in [7, 11) is 0. The van der Waals surface area contributed by atoms with Gasteiger partial charge in [-0.2, -0.15) is 0 Å². The first-order chi connectivity index (χ1) is 9.31. The van der Waals surface area contributed by atoms with Crippen molar-refractivity contribution in [3.8, 4) is 0 Å². The summed E-state index contributed by atoms with van der Waals surface area (Å²) in [6.07, 6.45) is 6.24. The first kappa shape index (κ1) is 12.1. The predicted molar refractivity (Wildman–Crippen MR) is 75.5 cm³/mol. The molecule has 0 saturated carbocycles. The average molecular weight is 273 g/mol. The molecule has 0 amide bonds. The lowest BCUT2D eigenvalue weighted by atomic mass is 10.1. The van der Waals surface area contributed by atoms with Gasteiger partial charge in [0.1, 0.15) is 11.0 Å². The van der Waals surface area contributed by atoms with Crippen molar-refractivity contribution in [2.45, 2.75) is 12.5 Å². The Morgan fingerprint density at radius 3 is 2.95 bits per heavy atom. The summed E-state index contributed by atoms with van der Waals surface area (Å²) < 4.78 is 0. The fraction of sp³-hybridized carbons (Fsp3) is 0.214. The zero-order valence-corrected chi connectivity index (χ0v) is 11.0. The van der Waals surface area contributed by atoms with E-state index in [1.165, 1.54) is 0 Å². The number of halogens is 1. The molecule has 2 aromatic rings. The van der Waals surface area contributed by atoms with Gasteiger partial charge in [-0.25, -0.2) is 4.98 Å². The molecule has 0 bridgehead atoms. The van der Waals surface area contributed by atoms with E-state index < -0.39 is 0 Å². The Hall–Kier alpha value is -1.94. The van der Waals surface area contributed by atoms with E-state index in [0.29, 0.717) is 5.15 Å². The Kier molecular flexibility index (Phi) is 3.42. The molecule has 0 saturated heterocycles. The highest BCUT2D eigenvalue weighted by atomic mass is 35.5. The molecule has 0 fully saturated rings. The minimum atomic E-state index is 0.234. The molecule has 1 N–H and O–H groups in total. The zero-order valence-electron chi connectivity index (χ0n) is 10.3. The minimum Gasteiger partial charge on any atom is -0.368 e. The molecule has 2 aromatic heterocycles. The predicted octanol–water partition coefficient (Wildman–Crippen LogP) is 2.09. The van der Waals surface area contributed by atoms with Crippen LogP contribution in [-0.2, 0) is 6.42 Å². The summed E-state index contributed by atoms with van der Waals surface area (Å²) in [4.78, 5) is 12.9. The summed E-state index contributed by atoms with van der Waals surface area (Å²) in [6, 6.07) is 7.96. The molecule has 5 heteroatoms. The van der Waals surface area contributed by atoms with Crippen LogP contribution in [0.1, 0.15) is 11.1 Å². The third-order valence-electron chi connectivity index (χ3n) is 3.01. The molecule has 4 nitrogen and oxygen atoms in total. The van der Waals surface area contributed by atoms with Crippen molar-refractivity contribution in [2.24, 2.45) is 4.99 Å². The van der Waals surface area contributed by atoms with Crippen LogP contribution in [0.2, 0.25) is 5.15 Å². The summed E-state index contributed by atoms with van der Waals surface area (Å²) in [6.45, 7) is 0.840. The number of aromatic nitrogens is 2. The summed E-state index contributed by atoms with van der Waals surface area (Å²) in [5.41, 5.74) is 2.17. The van der Waals surface area contributed by atoms with Gasteiger partial charge in [-0.05, 0) is 30.2 Å². The lowest BCUT2D eigenvalue weighted by Gasteiger charge is -2.05. The quantitative estimate of drug-likeness (QED) is 0.871. The zero-order chi connectivity index (χ0) is 13.1. The molecular formula is C14H13ClN4. The Morgan fingerprint density at radius 2 is 2.21 bits per heavy atom. The maximum atomic E-state index is 5.77. The third kappa shape index (κ3) is 2.90. The van der Waals surface area contributed by atoms with Crippen molar-refractivity contribution in [2.75, 3.05) is 6.54 Å². The second-order valence-corrected chi connectivity index (χ2v) is 4.83. The number of hydrogen-bond acceptors (Lipinski definition) is 4. The van der Waals surface area contributed by atoms with Crippen molar-refractivity contribution in [3.05, 3.63) is 59.1 Å². The van der Waals surface area contributed by atoms with E-state index in [-0.39, 0.29) is 6.04 Å². The van der Waals surface area contributed by atoms with Crippen molar-refractivity contribution in [3.63, 3.8) is 0 Å². The van der Waals surface area contributed by atoms with Gasteiger partial charge in [0.15, 0.2) is 0 Å². The largest absolute Gasteiger partial charge is 0.368 e. The first-order valence-electron chi connectivity index (χ1n) is 6.14. The molecule has 0 spiro atoms. The number of pyridine rings is 2. The number of aliphatic imine (C=N–C) groups is 1. The van der Waals surface area contributed by atoms with Gasteiger partial charge in [0.2, 0.25) is 0 Å². The van der Waals surface area contributed by atoms with E-state index in [4.69, 9.17) is 11.6 Å². The van der Waals surface area contributed by atoms with Crippen LogP contribution >= 0.6 is 11.6 Å². The molecule has 1 atom stereocenters. The van der Waals surface area contributed by atoms with Crippen LogP contribution in [0, 0.1) is 0 Å². The average Bonchev–Trinajstić information content (AvgIpc) is 2.91. The summed E-state index contributed by atoms with van der Waals surface area (Å²) in [5.74, 6) is 0.917. The number of amidine groups is 1. The van der Waals surface area contributed by atoms with Gasteiger partial charge in [0.25, 0.3) is 0 Å². The van der Waals surface area contributed by atoms with E-state index in [0.717, 1.165) is 29.9 Å². The van der Waals surface area contributed by atoms with E-state index in [1.807, 2.05) is 30.5 Å². The van der Waals surface area contributed by atoms with E-state index >= 15 is 0 Å². The second-order valence-electron chi connectivity index (χ2n) is 4.45. The van der Waals surface area contributed by atoms with Crippen LogP contribution in [0.25, 0.3) is 0 Å². The second kappa shape index (κ2) is 5.36. The highest BCUT2D eigenvalue weighted by Crippen LogP contribution is 2.12. The van der Waals surface area contributed by atoms with Gasteiger partial charge in [-0.1, -0.05) is 17.7 Å². The first-order valence-corrected chi connectivity index (χ1v) is 6.51. The van der Waals surface area contributed by atoms with Gasteiger partial charge in [0.05, 0.1) is 6.04 Å². The fourth-order valence-electron chi connectivity index (χ4n) is 2.08. The summed E-state index contributed by atoms with van der Waals surface area (Å²) in [5, 5.41) is 3.84. The van der Waals surface area contributed by atoms with Gasteiger partial charge < -0.3 is 5.32 Å². The van der Waals surface area contributed by atoms with Crippen LogP contribution in [0.4, 0.5) is 0 Å². The molecular weight excluding hydrogens is 260 g/mol. The van der Waals surface area contributed by atoms with E-state index in [2.05, 4.69) is 20.3 Å². The maximum Gasteiger partial charge on any atom is 0.130 e.